The molecule has 3 aromatic carbocycles. The first-order valence-electron chi connectivity index (χ1n) is 11.5. The number of amides is 1. The van der Waals surface area contributed by atoms with Gasteiger partial charge in [-0.2, -0.15) is 0 Å². The van der Waals surface area contributed by atoms with E-state index in [9.17, 15) is 24.6 Å². The molecule has 0 spiro atoms. The van der Waals surface area contributed by atoms with E-state index in [-0.39, 0.29) is 23.4 Å². The van der Waals surface area contributed by atoms with E-state index in [1.54, 1.807) is 42.5 Å². The van der Waals surface area contributed by atoms with Gasteiger partial charge in [0.2, 0.25) is 0 Å². The van der Waals surface area contributed by atoms with Gasteiger partial charge in [-0.1, -0.05) is 60.2 Å². The van der Waals surface area contributed by atoms with Crippen LogP contribution in [0.2, 0.25) is 5.02 Å². The Morgan fingerprint density at radius 3 is 2.45 bits per heavy atom. The minimum Gasteiger partial charge on any atom is -0.508 e. The number of fused-ring (bicyclic) bond motifs is 1. The second-order valence-corrected chi connectivity index (χ2v) is 8.82. The highest BCUT2D eigenvalue weighted by molar-refractivity contribution is 6.32. The number of aromatic hydroxyl groups is 1. The Morgan fingerprint density at radius 2 is 1.76 bits per heavy atom. The molecule has 0 aliphatic rings. The zero-order valence-corrected chi connectivity index (χ0v) is 21.0. The summed E-state index contributed by atoms with van der Waals surface area (Å²) >= 11 is 6.20. The van der Waals surface area contributed by atoms with Gasteiger partial charge in [-0.3, -0.25) is 4.79 Å². The van der Waals surface area contributed by atoms with Crippen molar-refractivity contribution in [2.24, 2.45) is 0 Å². The number of hydrogen-bond acceptors (Lipinski definition) is 6. The lowest BCUT2D eigenvalue weighted by atomic mass is 10.0. The molecule has 1 atom stereocenters. The highest BCUT2D eigenvalue weighted by atomic mass is 35.5. The number of esters is 1. The number of rotatable bonds is 8. The molecule has 4 rings (SSSR count). The Labute approximate surface area is 223 Å². The second kappa shape index (κ2) is 11.6. The van der Waals surface area contributed by atoms with E-state index in [4.69, 9.17) is 16.3 Å². The van der Waals surface area contributed by atoms with Crippen molar-refractivity contribution in [1.82, 2.24) is 10.3 Å². The van der Waals surface area contributed by atoms with Gasteiger partial charge in [0.1, 0.15) is 17.5 Å². The molecule has 0 saturated carbocycles. The third-order valence-corrected chi connectivity index (χ3v) is 6.17. The summed E-state index contributed by atoms with van der Waals surface area (Å²) in [6.45, 7) is 0. The number of ether oxygens (including phenoxy) is 1. The summed E-state index contributed by atoms with van der Waals surface area (Å²) in [6.07, 6.45) is 3.72. The number of benzene rings is 3. The van der Waals surface area contributed by atoms with Crippen LogP contribution in [0.4, 0.5) is 0 Å². The molecule has 1 amide bonds. The summed E-state index contributed by atoms with van der Waals surface area (Å²) in [6, 6.07) is 18.7. The highest BCUT2D eigenvalue weighted by Crippen LogP contribution is 2.23. The minimum atomic E-state index is -1.23. The summed E-state index contributed by atoms with van der Waals surface area (Å²) in [4.78, 5) is 41.8. The summed E-state index contributed by atoms with van der Waals surface area (Å²) in [5.41, 5.74) is 2.24. The van der Waals surface area contributed by atoms with E-state index in [0.717, 1.165) is 11.1 Å². The number of carboxylic acid groups (broad SMARTS) is 1. The predicted octanol–water partition coefficient (Wildman–Crippen LogP) is 4.98. The van der Waals surface area contributed by atoms with Crippen LogP contribution in [0.5, 0.6) is 5.75 Å². The van der Waals surface area contributed by atoms with Gasteiger partial charge in [0.05, 0.1) is 18.2 Å². The van der Waals surface area contributed by atoms with E-state index in [2.05, 4.69) is 10.3 Å². The van der Waals surface area contributed by atoms with Crippen molar-refractivity contribution < 1.29 is 29.3 Å². The minimum absolute atomic E-state index is 0.0662. The van der Waals surface area contributed by atoms with Gasteiger partial charge >= 0.3 is 11.9 Å². The third-order valence-electron chi connectivity index (χ3n) is 5.82. The van der Waals surface area contributed by atoms with E-state index in [1.807, 2.05) is 24.3 Å². The topological polar surface area (TPSA) is 126 Å². The molecule has 1 aromatic heterocycles. The van der Waals surface area contributed by atoms with Crippen LogP contribution in [-0.4, -0.2) is 46.2 Å². The molecule has 192 valence electrons. The molecule has 3 N–H and O–H groups in total. The molecule has 0 saturated heterocycles. The summed E-state index contributed by atoms with van der Waals surface area (Å²) in [5, 5.41) is 22.9. The van der Waals surface area contributed by atoms with E-state index in [1.165, 1.54) is 25.3 Å². The fourth-order valence-electron chi connectivity index (χ4n) is 3.87. The number of nitrogens with one attached hydrogen (secondary N) is 1. The quantitative estimate of drug-likeness (QED) is 0.217. The van der Waals surface area contributed by atoms with Gasteiger partial charge in [-0.25, -0.2) is 14.6 Å². The van der Waals surface area contributed by atoms with Gasteiger partial charge in [0.25, 0.3) is 5.91 Å². The molecule has 0 aliphatic carbocycles. The van der Waals surface area contributed by atoms with Crippen molar-refractivity contribution in [3.63, 3.8) is 0 Å². The van der Waals surface area contributed by atoms with E-state index in [0.29, 0.717) is 21.5 Å². The van der Waals surface area contributed by atoms with Gasteiger partial charge in [0, 0.05) is 16.8 Å². The maximum absolute atomic E-state index is 13.1. The van der Waals surface area contributed by atoms with Crippen LogP contribution in [0.3, 0.4) is 0 Å². The molecule has 1 heterocycles. The average molecular weight is 531 g/mol. The first kappa shape index (κ1) is 26.4. The molecule has 9 heteroatoms. The lowest BCUT2D eigenvalue weighted by Crippen LogP contribution is -2.43. The molecule has 0 fully saturated rings. The van der Waals surface area contributed by atoms with Crippen LogP contribution in [0.1, 0.15) is 37.5 Å². The van der Waals surface area contributed by atoms with Crippen LogP contribution >= 0.6 is 11.6 Å². The van der Waals surface area contributed by atoms with Crippen molar-refractivity contribution in [2.75, 3.05) is 7.11 Å². The van der Waals surface area contributed by atoms with Crippen LogP contribution in [0.25, 0.3) is 23.1 Å². The van der Waals surface area contributed by atoms with Crippen molar-refractivity contribution in [3.8, 4) is 5.75 Å². The molecular weight excluding hydrogens is 508 g/mol. The maximum atomic E-state index is 13.1. The van der Waals surface area contributed by atoms with Crippen LogP contribution in [-0.2, 0) is 16.0 Å². The van der Waals surface area contributed by atoms with Crippen molar-refractivity contribution in [3.05, 3.63) is 106 Å². The number of aromatic nitrogens is 1. The fourth-order valence-corrected chi connectivity index (χ4v) is 4.07. The summed E-state index contributed by atoms with van der Waals surface area (Å²) in [5.74, 6) is -2.57. The van der Waals surface area contributed by atoms with Crippen LogP contribution < -0.4 is 5.32 Å². The smallest absolute Gasteiger partial charge is 0.336 e. The standard InChI is InChI=1S/C29H23ClN2O6/c1-38-29(37)26(15-18-7-11-20(33)12-8-18)32-27(34)25-16-22(28(35)36)21-14-17(9-13-24(21)31-25)6-10-19-4-2-3-5-23(19)30/h2-14,16,26,33H,15H2,1H3,(H,32,34)(H,35,36)/b10-6+/t26-/m0/s1. The third kappa shape index (κ3) is 6.16. The number of hydrogen-bond donors (Lipinski definition) is 3. The SMILES string of the molecule is COC(=O)[C@H](Cc1ccc(O)cc1)NC(=O)c1cc(C(=O)O)c2cc(/C=C/c3ccccc3Cl)ccc2n1. The van der Waals surface area contributed by atoms with Crippen LogP contribution in [0.15, 0.2) is 72.8 Å². The monoisotopic (exact) mass is 530 g/mol. The Balaban J connectivity index is 1.63. The fraction of sp³-hybridized carbons (Fsp3) is 0.103. The number of halogens is 1. The largest absolute Gasteiger partial charge is 0.508 e. The number of phenolic OH excluding ortho intramolecular Hbond substituents is 1. The first-order chi connectivity index (χ1) is 18.2. The number of carbonyl (C=O) groups excluding carboxylic acids is 2. The lowest BCUT2D eigenvalue weighted by Gasteiger charge is -2.17. The van der Waals surface area contributed by atoms with Crippen molar-refractivity contribution >= 4 is 52.5 Å². The predicted molar refractivity (Wildman–Crippen MR) is 144 cm³/mol. The van der Waals surface area contributed by atoms with Crippen LogP contribution in [0, 0.1) is 0 Å². The Hall–Kier alpha value is -4.69. The average Bonchev–Trinajstić information content (AvgIpc) is 2.92. The molecule has 0 bridgehead atoms. The molecular formula is C29H23ClN2O6. The molecule has 8 nitrogen and oxygen atoms in total. The number of methoxy groups -OCH3 is 1. The van der Waals surface area contributed by atoms with Gasteiger partial charge in [-0.15, -0.1) is 0 Å². The highest BCUT2D eigenvalue weighted by Gasteiger charge is 2.24. The maximum Gasteiger partial charge on any atom is 0.336 e. The first-order valence-corrected chi connectivity index (χ1v) is 11.9. The number of carbonyl (C=O) groups is 3. The van der Waals surface area contributed by atoms with Gasteiger partial charge in [0.15, 0.2) is 0 Å². The Bertz CT molecular complexity index is 1550. The number of phenols is 1. The van der Waals surface area contributed by atoms with Crippen molar-refractivity contribution in [1.29, 1.82) is 0 Å². The number of aromatic carboxylic acids is 1. The van der Waals surface area contributed by atoms with Gasteiger partial charge in [-0.05, 0) is 53.1 Å². The molecule has 0 aliphatic heterocycles. The number of carboxylic acids is 1. The zero-order valence-electron chi connectivity index (χ0n) is 20.2. The molecule has 0 radical (unpaired) electrons. The molecule has 0 unspecified atom stereocenters. The van der Waals surface area contributed by atoms with Crippen molar-refractivity contribution in [2.45, 2.75) is 12.5 Å². The number of pyridine rings is 1. The summed E-state index contributed by atoms with van der Waals surface area (Å²) in [7, 11) is 1.20. The zero-order chi connectivity index (χ0) is 27.2. The van der Waals surface area contributed by atoms with E-state index >= 15 is 0 Å². The lowest BCUT2D eigenvalue weighted by molar-refractivity contribution is -0.142. The molecule has 38 heavy (non-hydrogen) atoms. The Morgan fingerprint density at radius 1 is 1.03 bits per heavy atom. The normalized spacial score (nSPS) is 11.8. The van der Waals surface area contributed by atoms with E-state index < -0.39 is 23.9 Å². The second-order valence-electron chi connectivity index (χ2n) is 8.41. The number of nitrogens with zero attached hydrogens (tertiary/aromatic N) is 1. The van der Waals surface area contributed by atoms with Gasteiger partial charge < -0.3 is 20.3 Å². The molecule has 4 aromatic rings. The Kier molecular flexibility index (Phi) is 8.03. The summed E-state index contributed by atoms with van der Waals surface area (Å²) < 4.78 is 4.82.